The summed E-state index contributed by atoms with van der Waals surface area (Å²) in [7, 11) is 0. The van der Waals surface area contributed by atoms with Crippen molar-refractivity contribution >= 4 is 27.5 Å². The molecule has 0 saturated carbocycles. The zero-order valence-corrected chi connectivity index (χ0v) is 8.67. The van der Waals surface area contributed by atoms with Crippen LogP contribution in [0.25, 0.3) is 11.4 Å². The molecule has 0 fully saturated rings. The number of tetrazole rings is 1. The molecule has 2 rings (SSSR count). The van der Waals surface area contributed by atoms with E-state index in [2.05, 4.69) is 36.6 Å². The molecule has 0 aliphatic rings. The van der Waals surface area contributed by atoms with Crippen molar-refractivity contribution in [3.8, 4) is 11.4 Å². The second-order valence-electron chi connectivity index (χ2n) is 2.36. The number of nitrogens with zero attached hydrogens (tertiary/aromatic N) is 3. The Labute approximate surface area is 87.4 Å². The molecule has 0 aliphatic heterocycles. The molecule has 1 N–H and O–H groups in total. The van der Waals surface area contributed by atoms with Crippen LogP contribution in [0, 0.1) is 0 Å². The minimum Gasteiger partial charge on any atom is -0.177 e. The summed E-state index contributed by atoms with van der Waals surface area (Å²) < 4.78 is 0.816. The molecule has 66 valence electrons. The fourth-order valence-corrected chi connectivity index (χ4v) is 1.42. The predicted octanol–water partition coefficient (Wildman–Crippen LogP) is 2.28. The van der Waals surface area contributed by atoms with Gasteiger partial charge in [0.2, 0.25) is 5.82 Å². The lowest BCUT2D eigenvalue weighted by molar-refractivity contribution is 0.881. The van der Waals surface area contributed by atoms with Gasteiger partial charge in [-0.2, -0.15) is 5.21 Å². The molecule has 0 atom stereocenters. The van der Waals surface area contributed by atoms with Crippen molar-refractivity contribution in [1.82, 2.24) is 20.6 Å². The summed E-state index contributed by atoms with van der Waals surface area (Å²) in [4.78, 5) is 0. The molecule has 1 heterocycles. The molecule has 0 spiro atoms. The highest BCUT2D eigenvalue weighted by Crippen LogP contribution is 2.26. The first kappa shape index (κ1) is 8.65. The second kappa shape index (κ2) is 3.43. The first-order valence-corrected chi connectivity index (χ1v) is 4.63. The Morgan fingerprint density at radius 3 is 2.85 bits per heavy atom. The topological polar surface area (TPSA) is 54.5 Å². The summed E-state index contributed by atoms with van der Waals surface area (Å²) in [6, 6.07) is 5.45. The monoisotopic (exact) mass is 258 g/mol. The minimum atomic E-state index is 0.553. The van der Waals surface area contributed by atoms with E-state index in [1.54, 1.807) is 6.07 Å². The summed E-state index contributed by atoms with van der Waals surface area (Å²) in [6.07, 6.45) is 0. The zero-order valence-electron chi connectivity index (χ0n) is 6.33. The number of benzene rings is 1. The third-order valence-electron chi connectivity index (χ3n) is 1.52. The Morgan fingerprint density at radius 2 is 2.23 bits per heavy atom. The molecule has 0 unspecified atom stereocenters. The largest absolute Gasteiger partial charge is 0.204 e. The van der Waals surface area contributed by atoms with E-state index < -0.39 is 0 Å². The standard InChI is InChI=1S/C7H4BrClN4/c8-5-3-4(1-2-6(5)9)7-10-12-13-11-7/h1-3H,(H,10,11,12,13). The van der Waals surface area contributed by atoms with Crippen molar-refractivity contribution in [2.45, 2.75) is 0 Å². The van der Waals surface area contributed by atoms with Crippen LogP contribution in [0.5, 0.6) is 0 Å². The molecule has 2 aromatic rings. The highest BCUT2D eigenvalue weighted by molar-refractivity contribution is 9.10. The van der Waals surface area contributed by atoms with Crippen LogP contribution >= 0.6 is 27.5 Å². The van der Waals surface area contributed by atoms with Crippen LogP contribution in [0.3, 0.4) is 0 Å². The summed E-state index contributed by atoms with van der Waals surface area (Å²) in [5, 5.41) is 14.2. The van der Waals surface area contributed by atoms with Crippen molar-refractivity contribution in [3.05, 3.63) is 27.7 Å². The maximum absolute atomic E-state index is 5.83. The highest BCUT2D eigenvalue weighted by Gasteiger charge is 2.04. The first-order chi connectivity index (χ1) is 6.27. The average Bonchev–Trinajstić information content (AvgIpc) is 2.62. The molecule has 0 saturated heterocycles. The molecule has 6 heteroatoms. The van der Waals surface area contributed by atoms with Crippen LogP contribution in [0.15, 0.2) is 22.7 Å². The average molecular weight is 259 g/mol. The number of aromatic amines is 1. The van der Waals surface area contributed by atoms with Crippen molar-refractivity contribution in [3.63, 3.8) is 0 Å². The van der Waals surface area contributed by atoms with E-state index in [-0.39, 0.29) is 0 Å². The lowest BCUT2D eigenvalue weighted by atomic mass is 10.2. The van der Waals surface area contributed by atoms with Gasteiger partial charge in [-0.1, -0.05) is 11.6 Å². The number of aromatic nitrogens is 4. The van der Waals surface area contributed by atoms with Crippen LogP contribution in [-0.4, -0.2) is 20.6 Å². The number of hydrogen-bond acceptors (Lipinski definition) is 3. The third kappa shape index (κ3) is 1.71. The van der Waals surface area contributed by atoms with Crippen molar-refractivity contribution in [1.29, 1.82) is 0 Å². The van der Waals surface area contributed by atoms with E-state index in [9.17, 15) is 0 Å². The van der Waals surface area contributed by atoms with Crippen LogP contribution in [0.4, 0.5) is 0 Å². The van der Waals surface area contributed by atoms with Gasteiger partial charge in [0.25, 0.3) is 0 Å². The molecular weight excluding hydrogens is 255 g/mol. The van der Waals surface area contributed by atoms with Gasteiger partial charge in [-0.3, -0.25) is 0 Å². The lowest BCUT2D eigenvalue weighted by Crippen LogP contribution is -1.81. The van der Waals surface area contributed by atoms with Crippen LogP contribution in [-0.2, 0) is 0 Å². The maximum atomic E-state index is 5.83. The van der Waals surface area contributed by atoms with Gasteiger partial charge in [0.1, 0.15) is 0 Å². The summed E-state index contributed by atoms with van der Waals surface area (Å²) in [5.74, 6) is 0.553. The normalized spacial score (nSPS) is 10.3. The van der Waals surface area contributed by atoms with Crippen molar-refractivity contribution < 1.29 is 0 Å². The van der Waals surface area contributed by atoms with Crippen molar-refractivity contribution in [2.24, 2.45) is 0 Å². The fourth-order valence-electron chi connectivity index (χ4n) is 0.919. The van der Waals surface area contributed by atoms with Crippen LogP contribution < -0.4 is 0 Å². The minimum absolute atomic E-state index is 0.553. The maximum Gasteiger partial charge on any atom is 0.204 e. The molecule has 1 aromatic heterocycles. The van der Waals surface area contributed by atoms with E-state index >= 15 is 0 Å². The Hall–Kier alpha value is -0.940. The van der Waals surface area contributed by atoms with Crippen LogP contribution in [0.1, 0.15) is 0 Å². The quantitative estimate of drug-likeness (QED) is 0.855. The van der Waals surface area contributed by atoms with E-state index in [0.717, 1.165) is 10.0 Å². The summed E-state index contributed by atoms with van der Waals surface area (Å²) in [5.41, 5.74) is 0.866. The molecule has 1 aromatic carbocycles. The van der Waals surface area contributed by atoms with Crippen molar-refractivity contribution in [2.75, 3.05) is 0 Å². The number of rotatable bonds is 1. The van der Waals surface area contributed by atoms with E-state index in [1.165, 1.54) is 0 Å². The zero-order chi connectivity index (χ0) is 9.26. The smallest absolute Gasteiger partial charge is 0.177 e. The second-order valence-corrected chi connectivity index (χ2v) is 3.63. The predicted molar refractivity (Wildman–Crippen MR) is 52.3 cm³/mol. The van der Waals surface area contributed by atoms with E-state index in [1.807, 2.05) is 12.1 Å². The first-order valence-electron chi connectivity index (χ1n) is 3.46. The summed E-state index contributed by atoms with van der Waals surface area (Å²) >= 11 is 9.14. The third-order valence-corrected chi connectivity index (χ3v) is 2.74. The van der Waals surface area contributed by atoms with Gasteiger partial charge in [-0.15, -0.1) is 10.2 Å². The van der Waals surface area contributed by atoms with Gasteiger partial charge >= 0.3 is 0 Å². The Morgan fingerprint density at radius 1 is 1.38 bits per heavy atom. The SMILES string of the molecule is Clc1ccc(-c2nn[nH]n2)cc1Br. The van der Waals surface area contributed by atoms with Gasteiger partial charge in [-0.05, 0) is 39.3 Å². The molecule has 0 aliphatic carbocycles. The van der Waals surface area contributed by atoms with Gasteiger partial charge in [0.15, 0.2) is 0 Å². The number of H-pyrrole nitrogens is 1. The van der Waals surface area contributed by atoms with Gasteiger partial charge in [-0.25, -0.2) is 0 Å². The van der Waals surface area contributed by atoms with Crippen LogP contribution in [0.2, 0.25) is 5.02 Å². The molecule has 0 bridgehead atoms. The Kier molecular flexibility index (Phi) is 2.28. The van der Waals surface area contributed by atoms with Gasteiger partial charge in [0, 0.05) is 10.0 Å². The lowest BCUT2D eigenvalue weighted by Gasteiger charge is -1.97. The molecule has 4 nitrogen and oxygen atoms in total. The number of hydrogen-bond donors (Lipinski definition) is 1. The van der Waals surface area contributed by atoms with E-state index in [4.69, 9.17) is 11.6 Å². The molecule has 0 radical (unpaired) electrons. The Balaban J connectivity index is 2.49. The number of nitrogens with one attached hydrogen (secondary N) is 1. The number of halogens is 2. The van der Waals surface area contributed by atoms with Gasteiger partial charge < -0.3 is 0 Å². The highest BCUT2D eigenvalue weighted by atomic mass is 79.9. The molecule has 0 amide bonds. The summed E-state index contributed by atoms with van der Waals surface area (Å²) in [6.45, 7) is 0. The Bertz CT molecular complexity index is 414. The molecule has 13 heavy (non-hydrogen) atoms. The van der Waals surface area contributed by atoms with Gasteiger partial charge in [0.05, 0.1) is 5.02 Å². The fraction of sp³-hybridized carbons (Fsp3) is 0. The molecular formula is C7H4BrClN4. The van der Waals surface area contributed by atoms with E-state index in [0.29, 0.717) is 10.8 Å².